The lowest BCUT2D eigenvalue weighted by Crippen LogP contribution is -2.16. The quantitative estimate of drug-likeness (QED) is 0.255. The number of benzene rings is 2. The van der Waals surface area contributed by atoms with Gasteiger partial charge in [0, 0.05) is 19.5 Å². The molecule has 0 atom stereocenters. The highest BCUT2D eigenvalue weighted by molar-refractivity contribution is 5.66. The molecule has 0 saturated heterocycles. The van der Waals surface area contributed by atoms with E-state index in [1.54, 1.807) is 16.8 Å². The Morgan fingerprint density at radius 2 is 1.67 bits per heavy atom. The number of aryl methyl sites for hydroxylation is 3. The van der Waals surface area contributed by atoms with Crippen molar-refractivity contribution in [3.05, 3.63) is 83.3 Å². The topological polar surface area (TPSA) is 88.1 Å². The summed E-state index contributed by atoms with van der Waals surface area (Å²) >= 11 is 0. The summed E-state index contributed by atoms with van der Waals surface area (Å²) in [7, 11) is 1.84. The molecule has 11 heteroatoms. The number of aromatic nitrogens is 5. The standard InChI is InChI=1S/C25H24F3N5O3/c1-33-23(30-31-32-33)5-3-2-4-18-6-11-21(12-7-18)34-16-20-17-35-24(29-20)15-10-19-8-13-22(14-9-19)36-25(26,27)28/h6-15,17H,2-5,16H2,1H3. The van der Waals surface area contributed by atoms with Gasteiger partial charge in [-0.1, -0.05) is 24.3 Å². The number of hydrogen-bond donors (Lipinski definition) is 0. The zero-order chi connectivity index (χ0) is 25.4. The molecule has 4 aromatic rings. The van der Waals surface area contributed by atoms with Gasteiger partial charge in [0.25, 0.3) is 0 Å². The van der Waals surface area contributed by atoms with Crippen molar-refractivity contribution in [2.45, 2.75) is 38.7 Å². The SMILES string of the molecule is Cn1nnnc1CCCCc1ccc(OCc2coc(C=Cc3ccc(OC(F)(F)F)cc3)n2)cc1. The molecule has 2 aromatic heterocycles. The van der Waals surface area contributed by atoms with Crippen LogP contribution < -0.4 is 9.47 Å². The van der Waals surface area contributed by atoms with E-state index in [4.69, 9.17) is 9.15 Å². The lowest BCUT2D eigenvalue weighted by molar-refractivity contribution is -0.274. The van der Waals surface area contributed by atoms with Crippen molar-refractivity contribution in [3.63, 3.8) is 0 Å². The van der Waals surface area contributed by atoms with Crippen molar-refractivity contribution < 1.29 is 27.1 Å². The van der Waals surface area contributed by atoms with Gasteiger partial charge >= 0.3 is 6.36 Å². The first-order valence-electron chi connectivity index (χ1n) is 11.3. The van der Waals surface area contributed by atoms with Gasteiger partial charge in [0.15, 0.2) is 5.82 Å². The lowest BCUT2D eigenvalue weighted by atomic mass is 10.1. The molecule has 0 aliphatic heterocycles. The fourth-order valence-corrected chi connectivity index (χ4v) is 3.40. The summed E-state index contributed by atoms with van der Waals surface area (Å²) in [4.78, 5) is 4.33. The highest BCUT2D eigenvalue weighted by atomic mass is 19.4. The second kappa shape index (κ2) is 11.5. The molecule has 0 fully saturated rings. The third-order valence-corrected chi connectivity index (χ3v) is 5.24. The second-order valence-electron chi connectivity index (χ2n) is 7.99. The zero-order valence-corrected chi connectivity index (χ0v) is 19.5. The normalized spacial score (nSPS) is 11.8. The first-order chi connectivity index (χ1) is 17.3. The maximum Gasteiger partial charge on any atom is 0.573 e. The number of rotatable bonds is 11. The molecular weight excluding hydrogens is 475 g/mol. The van der Waals surface area contributed by atoms with Crippen LogP contribution >= 0.6 is 0 Å². The molecule has 0 aliphatic rings. The van der Waals surface area contributed by atoms with Gasteiger partial charge in [0.2, 0.25) is 5.89 Å². The van der Waals surface area contributed by atoms with E-state index in [1.165, 1.54) is 36.1 Å². The highest BCUT2D eigenvalue weighted by Crippen LogP contribution is 2.23. The average molecular weight is 499 g/mol. The van der Waals surface area contributed by atoms with Crippen molar-refractivity contribution in [3.8, 4) is 11.5 Å². The van der Waals surface area contributed by atoms with Crippen LogP contribution in [0.2, 0.25) is 0 Å². The summed E-state index contributed by atoms with van der Waals surface area (Å²) < 4.78 is 53.5. The number of tetrazole rings is 1. The Balaban J connectivity index is 1.20. The molecule has 188 valence electrons. The van der Waals surface area contributed by atoms with Crippen LogP contribution in [-0.4, -0.2) is 31.6 Å². The smallest absolute Gasteiger partial charge is 0.487 e. The maximum atomic E-state index is 12.2. The molecule has 0 N–H and O–H groups in total. The molecule has 4 rings (SSSR count). The first-order valence-corrected chi connectivity index (χ1v) is 11.3. The van der Waals surface area contributed by atoms with E-state index < -0.39 is 6.36 Å². The van der Waals surface area contributed by atoms with Gasteiger partial charge < -0.3 is 13.9 Å². The average Bonchev–Trinajstić information content (AvgIpc) is 3.48. The van der Waals surface area contributed by atoms with Crippen molar-refractivity contribution >= 4 is 12.2 Å². The van der Waals surface area contributed by atoms with Crippen molar-refractivity contribution in [2.75, 3.05) is 0 Å². The number of unbranched alkanes of at least 4 members (excludes halogenated alkanes) is 1. The predicted octanol–water partition coefficient (Wildman–Crippen LogP) is 5.41. The minimum absolute atomic E-state index is 0.242. The lowest BCUT2D eigenvalue weighted by Gasteiger charge is -2.08. The third kappa shape index (κ3) is 7.69. The first kappa shape index (κ1) is 25.0. The zero-order valence-electron chi connectivity index (χ0n) is 19.5. The summed E-state index contributed by atoms with van der Waals surface area (Å²) in [6.45, 7) is 0.242. The number of alkyl halides is 3. The second-order valence-corrected chi connectivity index (χ2v) is 7.99. The van der Waals surface area contributed by atoms with Crippen molar-refractivity contribution in [1.29, 1.82) is 0 Å². The number of ether oxygens (including phenoxy) is 2. The Morgan fingerprint density at radius 1 is 0.944 bits per heavy atom. The monoisotopic (exact) mass is 499 g/mol. The van der Waals surface area contributed by atoms with Crippen LogP contribution in [0.15, 0.2) is 59.2 Å². The van der Waals surface area contributed by atoms with Crippen LogP contribution in [0.4, 0.5) is 13.2 Å². The van der Waals surface area contributed by atoms with Gasteiger partial charge in [-0.3, -0.25) is 0 Å². The van der Waals surface area contributed by atoms with Gasteiger partial charge in [0.05, 0.1) is 0 Å². The Bertz CT molecular complexity index is 1270. The third-order valence-electron chi connectivity index (χ3n) is 5.24. The molecule has 0 bridgehead atoms. The van der Waals surface area contributed by atoms with Crippen LogP contribution in [0.3, 0.4) is 0 Å². The molecule has 2 heterocycles. The van der Waals surface area contributed by atoms with Crippen LogP contribution in [0.5, 0.6) is 11.5 Å². The Morgan fingerprint density at radius 3 is 2.36 bits per heavy atom. The van der Waals surface area contributed by atoms with Crippen LogP contribution in [0.1, 0.15) is 41.4 Å². The van der Waals surface area contributed by atoms with E-state index in [9.17, 15) is 13.2 Å². The van der Waals surface area contributed by atoms with E-state index in [0.29, 0.717) is 17.1 Å². The summed E-state index contributed by atoms with van der Waals surface area (Å²) in [5.74, 6) is 1.69. The maximum absolute atomic E-state index is 12.2. The molecule has 0 amide bonds. The van der Waals surface area contributed by atoms with Crippen molar-refractivity contribution in [2.24, 2.45) is 7.05 Å². The highest BCUT2D eigenvalue weighted by Gasteiger charge is 2.30. The number of halogens is 3. The number of oxazole rings is 1. The van der Waals surface area contributed by atoms with E-state index in [1.807, 2.05) is 31.3 Å². The molecule has 0 radical (unpaired) electrons. The Hall–Kier alpha value is -4.15. The minimum atomic E-state index is -4.72. The Kier molecular flexibility index (Phi) is 7.99. The van der Waals surface area contributed by atoms with Crippen LogP contribution in [-0.2, 0) is 26.5 Å². The summed E-state index contributed by atoms with van der Waals surface area (Å²) in [5.41, 5.74) is 2.52. The summed E-state index contributed by atoms with van der Waals surface area (Å²) in [6.07, 6.45) is 3.94. The van der Waals surface area contributed by atoms with Gasteiger partial charge in [-0.05, 0) is 71.2 Å². The number of nitrogens with zero attached hydrogens (tertiary/aromatic N) is 5. The predicted molar refractivity (Wildman–Crippen MR) is 125 cm³/mol. The van der Waals surface area contributed by atoms with Gasteiger partial charge in [-0.25, -0.2) is 9.67 Å². The largest absolute Gasteiger partial charge is 0.573 e. The van der Waals surface area contributed by atoms with E-state index in [2.05, 4.69) is 25.2 Å². The van der Waals surface area contributed by atoms with E-state index in [0.717, 1.165) is 37.3 Å². The summed E-state index contributed by atoms with van der Waals surface area (Å²) in [6, 6.07) is 13.4. The van der Waals surface area contributed by atoms with E-state index in [-0.39, 0.29) is 12.4 Å². The fraction of sp³-hybridized carbons (Fsp3) is 0.280. The fourth-order valence-electron chi connectivity index (χ4n) is 3.40. The van der Waals surface area contributed by atoms with Gasteiger partial charge in [0.1, 0.15) is 30.1 Å². The van der Waals surface area contributed by atoms with Gasteiger partial charge in [-0.2, -0.15) is 0 Å². The molecule has 2 aromatic carbocycles. The molecule has 0 aliphatic carbocycles. The molecular formula is C25H24F3N5O3. The van der Waals surface area contributed by atoms with Gasteiger partial charge in [-0.15, -0.1) is 18.3 Å². The molecule has 0 saturated carbocycles. The van der Waals surface area contributed by atoms with Crippen molar-refractivity contribution in [1.82, 2.24) is 25.2 Å². The van der Waals surface area contributed by atoms with Crippen LogP contribution in [0.25, 0.3) is 12.2 Å². The van der Waals surface area contributed by atoms with Crippen LogP contribution in [0, 0.1) is 0 Å². The molecule has 0 unspecified atom stereocenters. The molecule has 0 spiro atoms. The Labute approximate surface area is 205 Å². The molecule has 8 nitrogen and oxygen atoms in total. The minimum Gasteiger partial charge on any atom is -0.487 e. The molecule has 36 heavy (non-hydrogen) atoms. The van der Waals surface area contributed by atoms with E-state index >= 15 is 0 Å². The summed E-state index contributed by atoms with van der Waals surface area (Å²) in [5, 5.41) is 11.5. The number of hydrogen-bond acceptors (Lipinski definition) is 7.